The molecule has 0 radical (unpaired) electrons. The zero-order chi connectivity index (χ0) is 16.2. The zero-order valence-corrected chi connectivity index (χ0v) is 14.1. The predicted molar refractivity (Wildman–Crippen MR) is 92.7 cm³/mol. The molecule has 0 saturated carbocycles. The first-order valence-corrected chi connectivity index (χ1v) is 8.42. The standard InChI is InChI=1S/C18H22ClN3O/c1-21-10-4-5-16(21)18(23)20-13-17(22-11-2-3-12-22)14-6-8-15(19)9-7-14/h4-10,17H,2-3,11-13H2,1H3,(H,20,23). The summed E-state index contributed by atoms with van der Waals surface area (Å²) in [4.78, 5) is 14.8. The molecule has 1 aromatic heterocycles. The molecule has 1 aromatic carbocycles. The fourth-order valence-electron chi connectivity index (χ4n) is 3.17. The van der Waals surface area contributed by atoms with Crippen molar-refractivity contribution in [1.29, 1.82) is 0 Å². The molecule has 3 rings (SSSR count). The number of hydrogen-bond acceptors (Lipinski definition) is 2. The third-order valence-corrected chi connectivity index (χ3v) is 4.72. The summed E-state index contributed by atoms with van der Waals surface area (Å²) < 4.78 is 1.84. The van der Waals surface area contributed by atoms with Crippen LogP contribution in [0.1, 0.15) is 34.9 Å². The van der Waals surface area contributed by atoms with Gasteiger partial charge in [-0.05, 0) is 55.8 Å². The topological polar surface area (TPSA) is 37.3 Å². The fraction of sp³-hybridized carbons (Fsp3) is 0.389. The summed E-state index contributed by atoms with van der Waals surface area (Å²) in [7, 11) is 1.88. The average Bonchev–Trinajstić information content (AvgIpc) is 3.20. The molecule has 1 N–H and O–H groups in total. The van der Waals surface area contributed by atoms with Gasteiger partial charge in [-0.15, -0.1) is 0 Å². The second-order valence-electron chi connectivity index (χ2n) is 6.02. The van der Waals surface area contributed by atoms with E-state index in [2.05, 4.69) is 22.3 Å². The lowest BCUT2D eigenvalue weighted by Crippen LogP contribution is -2.37. The molecule has 2 heterocycles. The maximum atomic E-state index is 12.4. The second kappa shape index (κ2) is 7.20. The Morgan fingerprint density at radius 1 is 1.22 bits per heavy atom. The molecule has 1 aliphatic heterocycles. The van der Waals surface area contributed by atoms with Gasteiger partial charge in [-0.1, -0.05) is 23.7 Å². The minimum Gasteiger partial charge on any atom is -0.349 e. The van der Waals surface area contributed by atoms with Crippen LogP contribution in [0, 0.1) is 0 Å². The first-order valence-electron chi connectivity index (χ1n) is 8.04. The Morgan fingerprint density at radius 3 is 2.52 bits per heavy atom. The highest BCUT2D eigenvalue weighted by molar-refractivity contribution is 6.30. The third-order valence-electron chi connectivity index (χ3n) is 4.47. The molecular weight excluding hydrogens is 310 g/mol. The number of carbonyl (C=O) groups is 1. The van der Waals surface area contributed by atoms with Gasteiger partial charge in [0.05, 0.1) is 6.04 Å². The van der Waals surface area contributed by atoms with E-state index in [-0.39, 0.29) is 11.9 Å². The highest BCUT2D eigenvalue weighted by Crippen LogP contribution is 2.25. The third kappa shape index (κ3) is 3.77. The molecule has 23 heavy (non-hydrogen) atoms. The number of carbonyl (C=O) groups excluding carboxylic acids is 1. The first kappa shape index (κ1) is 16.1. The minimum atomic E-state index is -0.0318. The monoisotopic (exact) mass is 331 g/mol. The Labute approximate surface area is 142 Å². The highest BCUT2D eigenvalue weighted by Gasteiger charge is 2.24. The number of nitrogens with one attached hydrogen (secondary N) is 1. The lowest BCUT2D eigenvalue weighted by Gasteiger charge is -2.28. The Hall–Kier alpha value is -1.78. The van der Waals surface area contributed by atoms with Crippen LogP contribution in [0.25, 0.3) is 0 Å². The van der Waals surface area contributed by atoms with Crippen molar-refractivity contribution >= 4 is 17.5 Å². The van der Waals surface area contributed by atoms with E-state index in [0.29, 0.717) is 12.2 Å². The van der Waals surface area contributed by atoms with Crippen molar-refractivity contribution in [1.82, 2.24) is 14.8 Å². The van der Waals surface area contributed by atoms with Crippen LogP contribution in [0.5, 0.6) is 0 Å². The second-order valence-corrected chi connectivity index (χ2v) is 6.46. The maximum absolute atomic E-state index is 12.4. The van der Waals surface area contributed by atoms with Gasteiger partial charge in [-0.3, -0.25) is 9.69 Å². The first-order chi connectivity index (χ1) is 11.1. The van der Waals surface area contributed by atoms with Crippen LogP contribution in [0.2, 0.25) is 5.02 Å². The molecule has 5 heteroatoms. The molecule has 0 spiro atoms. The summed E-state index contributed by atoms with van der Waals surface area (Å²) in [5, 5.41) is 3.82. The number of benzene rings is 1. The van der Waals surface area contributed by atoms with Crippen LogP contribution in [-0.2, 0) is 7.05 Å². The highest BCUT2D eigenvalue weighted by atomic mass is 35.5. The number of rotatable bonds is 5. The molecular formula is C18H22ClN3O. The molecule has 2 aromatic rings. The number of likely N-dealkylation sites (tertiary alicyclic amines) is 1. The van der Waals surface area contributed by atoms with Crippen LogP contribution in [0.4, 0.5) is 0 Å². The van der Waals surface area contributed by atoms with Crippen LogP contribution in [-0.4, -0.2) is 35.0 Å². The van der Waals surface area contributed by atoms with Gasteiger partial charge < -0.3 is 9.88 Å². The van der Waals surface area contributed by atoms with Crippen LogP contribution in [0.3, 0.4) is 0 Å². The zero-order valence-electron chi connectivity index (χ0n) is 13.3. The molecule has 1 amide bonds. The Bertz CT molecular complexity index is 659. The molecule has 1 saturated heterocycles. The minimum absolute atomic E-state index is 0.0318. The van der Waals surface area contributed by atoms with Crippen molar-refractivity contribution in [3.05, 3.63) is 58.9 Å². The van der Waals surface area contributed by atoms with E-state index >= 15 is 0 Å². The normalized spacial score (nSPS) is 16.4. The van der Waals surface area contributed by atoms with Crippen molar-refractivity contribution in [3.63, 3.8) is 0 Å². The summed E-state index contributed by atoms with van der Waals surface area (Å²) in [5.41, 5.74) is 1.88. The van der Waals surface area contributed by atoms with E-state index in [9.17, 15) is 4.79 Å². The molecule has 4 nitrogen and oxygen atoms in total. The van der Waals surface area contributed by atoms with Crippen molar-refractivity contribution in [2.24, 2.45) is 7.05 Å². The van der Waals surface area contributed by atoms with E-state index in [1.165, 1.54) is 18.4 Å². The Morgan fingerprint density at radius 2 is 1.91 bits per heavy atom. The summed E-state index contributed by atoms with van der Waals surface area (Å²) in [6, 6.07) is 11.9. The fourth-order valence-corrected chi connectivity index (χ4v) is 3.30. The maximum Gasteiger partial charge on any atom is 0.267 e. The summed E-state index contributed by atoms with van der Waals surface area (Å²) in [6.07, 6.45) is 4.32. The van der Waals surface area contributed by atoms with Crippen LogP contribution < -0.4 is 5.32 Å². The van der Waals surface area contributed by atoms with E-state index in [1.807, 2.05) is 42.1 Å². The van der Waals surface area contributed by atoms with Gasteiger partial charge in [0.25, 0.3) is 5.91 Å². The van der Waals surface area contributed by atoms with Gasteiger partial charge in [0, 0.05) is 24.8 Å². The van der Waals surface area contributed by atoms with E-state index in [0.717, 1.165) is 18.1 Å². The molecule has 1 fully saturated rings. The van der Waals surface area contributed by atoms with Gasteiger partial charge in [0.1, 0.15) is 5.69 Å². The van der Waals surface area contributed by atoms with E-state index in [1.54, 1.807) is 0 Å². The SMILES string of the molecule is Cn1cccc1C(=O)NCC(c1ccc(Cl)cc1)N1CCCC1. The number of amides is 1. The Kier molecular flexibility index (Phi) is 5.03. The Balaban J connectivity index is 1.72. The van der Waals surface area contributed by atoms with E-state index < -0.39 is 0 Å². The lowest BCUT2D eigenvalue weighted by atomic mass is 10.1. The van der Waals surface area contributed by atoms with Gasteiger partial charge in [0.2, 0.25) is 0 Å². The van der Waals surface area contributed by atoms with Gasteiger partial charge in [-0.25, -0.2) is 0 Å². The van der Waals surface area contributed by atoms with Crippen molar-refractivity contribution in [2.45, 2.75) is 18.9 Å². The smallest absolute Gasteiger partial charge is 0.267 e. The van der Waals surface area contributed by atoms with Crippen LogP contribution >= 0.6 is 11.6 Å². The number of nitrogens with zero attached hydrogens (tertiary/aromatic N) is 2. The van der Waals surface area contributed by atoms with Gasteiger partial charge in [-0.2, -0.15) is 0 Å². The average molecular weight is 332 g/mol. The lowest BCUT2D eigenvalue weighted by molar-refractivity contribution is 0.0930. The summed E-state index contributed by atoms with van der Waals surface area (Å²) in [6.45, 7) is 2.76. The molecule has 1 aliphatic rings. The summed E-state index contributed by atoms with van der Waals surface area (Å²) in [5.74, 6) is -0.0318. The van der Waals surface area contributed by atoms with Gasteiger partial charge in [0.15, 0.2) is 0 Å². The predicted octanol–water partition coefficient (Wildman–Crippen LogP) is 3.25. The molecule has 1 unspecified atom stereocenters. The van der Waals surface area contributed by atoms with Crippen LogP contribution in [0.15, 0.2) is 42.6 Å². The van der Waals surface area contributed by atoms with Gasteiger partial charge >= 0.3 is 0 Å². The van der Waals surface area contributed by atoms with E-state index in [4.69, 9.17) is 11.6 Å². The molecule has 1 atom stereocenters. The number of aromatic nitrogens is 1. The quantitative estimate of drug-likeness (QED) is 0.913. The van der Waals surface area contributed by atoms with Crippen molar-refractivity contribution in [3.8, 4) is 0 Å². The van der Waals surface area contributed by atoms with Crippen molar-refractivity contribution < 1.29 is 4.79 Å². The molecule has 122 valence electrons. The largest absolute Gasteiger partial charge is 0.349 e. The number of halogens is 1. The number of aryl methyl sites for hydroxylation is 1. The molecule has 0 aliphatic carbocycles. The molecule has 0 bridgehead atoms. The summed E-state index contributed by atoms with van der Waals surface area (Å²) >= 11 is 6.00. The van der Waals surface area contributed by atoms with Crippen molar-refractivity contribution in [2.75, 3.05) is 19.6 Å². The number of hydrogen-bond donors (Lipinski definition) is 1.